The molecular formula is C27H33N3O4. The Kier molecular flexibility index (Phi) is 8.60. The Morgan fingerprint density at radius 3 is 2.41 bits per heavy atom. The maximum Gasteiger partial charge on any atom is 0.253 e. The van der Waals surface area contributed by atoms with E-state index in [2.05, 4.69) is 15.6 Å². The number of hydrogen-bond donors (Lipinski definition) is 4. The summed E-state index contributed by atoms with van der Waals surface area (Å²) in [6, 6.07) is 15.3. The van der Waals surface area contributed by atoms with Crippen LogP contribution in [0.2, 0.25) is 0 Å². The first-order chi connectivity index (χ1) is 16.3. The van der Waals surface area contributed by atoms with E-state index >= 15 is 0 Å². The average Bonchev–Trinajstić information content (AvgIpc) is 2.83. The molecule has 0 bridgehead atoms. The summed E-state index contributed by atoms with van der Waals surface area (Å²) >= 11 is 0. The van der Waals surface area contributed by atoms with Crippen LogP contribution >= 0.6 is 0 Å². The number of nitrogens with zero attached hydrogens (tertiary/aromatic N) is 1. The van der Waals surface area contributed by atoms with E-state index in [-0.39, 0.29) is 35.8 Å². The van der Waals surface area contributed by atoms with E-state index < -0.39 is 12.1 Å². The van der Waals surface area contributed by atoms with Crippen LogP contribution in [0.4, 0.5) is 0 Å². The van der Waals surface area contributed by atoms with Gasteiger partial charge in [0, 0.05) is 24.5 Å². The lowest BCUT2D eigenvalue weighted by molar-refractivity contribution is -0.126. The first kappa shape index (κ1) is 25.2. The number of carbonyl (C=O) groups excluding carboxylic acids is 2. The fourth-order valence-electron chi connectivity index (χ4n) is 4.16. The molecule has 7 heteroatoms. The Morgan fingerprint density at radius 2 is 1.74 bits per heavy atom. The van der Waals surface area contributed by atoms with Crippen LogP contribution in [0.1, 0.15) is 42.6 Å². The Labute approximate surface area is 200 Å². The monoisotopic (exact) mass is 463 g/mol. The van der Waals surface area contributed by atoms with Crippen LogP contribution in [0.3, 0.4) is 0 Å². The second kappa shape index (κ2) is 11.6. The van der Waals surface area contributed by atoms with Crippen molar-refractivity contribution in [3.05, 3.63) is 71.9 Å². The van der Waals surface area contributed by atoms with Gasteiger partial charge in [-0.15, -0.1) is 0 Å². The van der Waals surface area contributed by atoms with Gasteiger partial charge in [0.2, 0.25) is 5.91 Å². The van der Waals surface area contributed by atoms with E-state index in [4.69, 9.17) is 0 Å². The van der Waals surface area contributed by atoms with Crippen molar-refractivity contribution in [2.45, 2.75) is 45.3 Å². The van der Waals surface area contributed by atoms with Crippen molar-refractivity contribution in [3.63, 3.8) is 0 Å². The highest BCUT2D eigenvalue weighted by molar-refractivity contribution is 5.97. The predicted molar refractivity (Wildman–Crippen MR) is 132 cm³/mol. The van der Waals surface area contributed by atoms with Crippen molar-refractivity contribution in [2.24, 2.45) is 11.8 Å². The molecule has 3 rings (SSSR count). The summed E-state index contributed by atoms with van der Waals surface area (Å²) < 4.78 is 0. The SMILES string of the molecule is CNC(=O)[C@H](CC(C)C)C[C@H](O)C(Cc1ccc(O)cc1)NC(=O)c1cnc2ccccc2c1. The third kappa shape index (κ3) is 6.78. The zero-order valence-electron chi connectivity index (χ0n) is 19.9. The molecule has 1 unspecified atom stereocenters. The topological polar surface area (TPSA) is 112 Å². The van der Waals surface area contributed by atoms with Crippen LogP contribution in [-0.2, 0) is 11.2 Å². The zero-order valence-corrected chi connectivity index (χ0v) is 19.9. The standard InChI is InChI=1S/C27H33N3O4/c1-17(2)12-20(26(33)28-3)15-25(32)24(13-18-8-10-22(31)11-9-18)30-27(34)21-14-19-6-4-5-7-23(19)29-16-21/h4-11,14,16-17,20,24-25,31-32H,12-13,15H2,1-3H3,(H,28,33)(H,30,34)/t20-,24?,25+/m1/s1. The molecule has 3 atom stereocenters. The van der Waals surface area contributed by atoms with Crippen molar-refractivity contribution >= 4 is 22.7 Å². The Balaban J connectivity index is 1.83. The first-order valence-corrected chi connectivity index (χ1v) is 11.6. The van der Waals surface area contributed by atoms with Gasteiger partial charge in [-0.25, -0.2) is 0 Å². The minimum Gasteiger partial charge on any atom is -0.508 e. The fourth-order valence-corrected chi connectivity index (χ4v) is 4.16. The number of carbonyl (C=O) groups is 2. The van der Waals surface area contributed by atoms with E-state index in [9.17, 15) is 19.8 Å². The number of para-hydroxylation sites is 1. The van der Waals surface area contributed by atoms with E-state index in [1.807, 2.05) is 38.1 Å². The van der Waals surface area contributed by atoms with E-state index in [1.54, 1.807) is 37.4 Å². The summed E-state index contributed by atoms with van der Waals surface area (Å²) in [7, 11) is 1.59. The first-order valence-electron chi connectivity index (χ1n) is 11.6. The lowest BCUT2D eigenvalue weighted by Crippen LogP contribution is -2.46. The number of aliphatic hydroxyl groups excluding tert-OH is 1. The van der Waals surface area contributed by atoms with Gasteiger partial charge in [0.15, 0.2) is 0 Å². The summed E-state index contributed by atoms with van der Waals surface area (Å²) in [5, 5.41) is 27.2. The van der Waals surface area contributed by atoms with Crippen LogP contribution in [0, 0.1) is 11.8 Å². The minimum absolute atomic E-state index is 0.124. The summed E-state index contributed by atoms with van der Waals surface area (Å²) in [4.78, 5) is 29.9. The van der Waals surface area contributed by atoms with Gasteiger partial charge >= 0.3 is 0 Å². The van der Waals surface area contributed by atoms with Gasteiger partial charge in [0.25, 0.3) is 5.91 Å². The second-order valence-electron chi connectivity index (χ2n) is 9.11. The van der Waals surface area contributed by atoms with E-state index in [0.717, 1.165) is 16.5 Å². The number of pyridine rings is 1. The molecule has 1 aromatic heterocycles. The second-order valence-corrected chi connectivity index (χ2v) is 9.11. The summed E-state index contributed by atoms with van der Waals surface area (Å²) in [6.45, 7) is 4.06. The quantitative estimate of drug-likeness (QED) is 0.368. The summed E-state index contributed by atoms with van der Waals surface area (Å²) in [5.41, 5.74) is 2.03. The normalized spacial score (nSPS) is 13.9. The molecule has 2 amide bonds. The number of benzene rings is 2. The molecule has 1 heterocycles. The lowest BCUT2D eigenvalue weighted by Gasteiger charge is -2.28. The molecule has 7 nitrogen and oxygen atoms in total. The molecule has 2 aromatic carbocycles. The molecule has 180 valence electrons. The third-order valence-corrected chi connectivity index (χ3v) is 5.92. The summed E-state index contributed by atoms with van der Waals surface area (Å²) in [5.74, 6) is -0.420. The smallest absolute Gasteiger partial charge is 0.253 e. The number of aromatic hydroxyl groups is 1. The number of fused-ring (bicyclic) bond motifs is 1. The molecule has 0 saturated heterocycles. The maximum absolute atomic E-state index is 13.1. The highest BCUT2D eigenvalue weighted by Crippen LogP contribution is 2.22. The molecular weight excluding hydrogens is 430 g/mol. The Morgan fingerprint density at radius 1 is 1.03 bits per heavy atom. The van der Waals surface area contributed by atoms with Gasteiger partial charge in [-0.1, -0.05) is 44.2 Å². The van der Waals surface area contributed by atoms with Crippen LogP contribution in [0.15, 0.2) is 60.8 Å². The Bertz CT molecular complexity index is 1110. The largest absolute Gasteiger partial charge is 0.508 e. The minimum atomic E-state index is -0.952. The van der Waals surface area contributed by atoms with Crippen molar-refractivity contribution in [1.29, 1.82) is 0 Å². The van der Waals surface area contributed by atoms with Gasteiger partial charge in [0.1, 0.15) is 5.75 Å². The number of rotatable bonds is 10. The molecule has 0 aliphatic carbocycles. The number of hydrogen-bond acceptors (Lipinski definition) is 5. The number of phenolic OH excluding ortho intramolecular Hbond substituents is 1. The van der Waals surface area contributed by atoms with Gasteiger partial charge in [-0.2, -0.15) is 0 Å². The number of phenols is 1. The number of aliphatic hydroxyl groups is 1. The van der Waals surface area contributed by atoms with Crippen molar-refractivity contribution in [1.82, 2.24) is 15.6 Å². The Hall–Kier alpha value is -3.45. The molecule has 4 N–H and O–H groups in total. The molecule has 0 aliphatic rings. The van der Waals surface area contributed by atoms with Gasteiger partial charge in [0.05, 0.1) is 23.2 Å². The van der Waals surface area contributed by atoms with Gasteiger partial charge < -0.3 is 20.8 Å². The highest BCUT2D eigenvalue weighted by Gasteiger charge is 2.29. The van der Waals surface area contributed by atoms with Gasteiger partial charge in [-0.3, -0.25) is 14.6 Å². The molecule has 0 saturated carbocycles. The van der Waals surface area contributed by atoms with E-state index in [0.29, 0.717) is 18.4 Å². The lowest BCUT2D eigenvalue weighted by atomic mass is 9.87. The van der Waals surface area contributed by atoms with Crippen LogP contribution in [-0.4, -0.2) is 46.2 Å². The van der Waals surface area contributed by atoms with Crippen LogP contribution < -0.4 is 10.6 Å². The van der Waals surface area contributed by atoms with E-state index in [1.165, 1.54) is 6.20 Å². The molecule has 0 aliphatic heterocycles. The van der Waals surface area contributed by atoms with Crippen molar-refractivity contribution < 1.29 is 19.8 Å². The molecule has 34 heavy (non-hydrogen) atoms. The third-order valence-electron chi connectivity index (χ3n) is 5.92. The summed E-state index contributed by atoms with van der Waals surface area (Å²) in [6.07, 6.45) is 1.76. The number of aromatic nitrogens is 1. The number of amides is 2. The fraction of sp³-hybridized carbons (Fsp3) is 0.370. The molecule has 0 radical (unpaired) electrons. The average molecular weight is 464 g/mol. The van der Waals surface area contributed by atoms with Crippen molar-refractivity contribution in [3.8, 4) is 5.75 Å². The maximum atomic E-state index is 13.1. The van der Waals surface area contributed by atoms with Gasteiger partial charge in [-0.05, 0) is 55.0 Å². The number of nitrogens with one attached hydrogen (secondary N) is 2. The molecule has 0 fully saturated rings. The molecule has 0 spiro atoms. The van der Waals surface area contributed by atoms with Crippen LogP contribution in [0.5, 0.6) is 5.75 Å². The van der Waals surface area contributed by atoms with Crippen LogP contribution in [0.25, 0.3) is 10.9 Å². The highest BCUT2D eigenvalue weighted by atomic mass is 16.3. The molecule has 3 aromatic rings. The zero-order chi connectivity index (χ0) is 24.7. The van der Waals surface area contributed by atoms with Crippen molar-refractivity contribution in [2.75, 3.05) is 7.05 Å². The predicted octanol–water partition coefficient (Wildman–Crippen LogP) is 3.44.